The quantitative estimate of drug-likeness (QED) is 0.904. The van der Waals surface area contributed by atoms with Crippen molar-refractivity contribution in [3.8, 4) is 11.3 Å². The number of halogens is 1. The minimum Gasteiger partial charge on any atom is -0.311 e. The third-order valence-corrected chi connectivity index (χ3v) is 2.60. The third kappa shape index (κ3) is 3.31. The Balaban J connectivity index is 0.00000162. The highest BCUT2D eigenvalue weighted by Gasteiger charge is 2.11. The Labute approximate surface area is 114 Å². The second-order valence-electron chi connectivity index (χ2n) is 3.83. The molecule has 98 valence electrons. The predicted octanol–water partition coefficient (Wildman–Crippen LogP) is 2.50. The fraction of sp³-hybridized carbons (Fsp3) is 0.385. The summed E-state index contributed by atoms with van der Waals surface area (Å²) in [5, 5.41) is 12.3. The Hall–Kier alpha value is -1.39. The molecule has 1 aromatic carbocycles. The van der Waals surface area contributed by atoms with Gasteiger partial charge in [-0.15, -0.1) is 12.4 Å². The second kappa shape index (κ2) is 7.13. The van der Waals surface area contributed by atoms with E-state index < -0.39 is 0 Å². The topological polar surface area (TPSA) is 42.7 Å². The first kappa shape index (κ1) is 14.7. The van der Waals surface area contributed by atoms with Crippen LogP contribution in [0, 0.1) is 0 Å². The van der Waals surface area contributed by atoms with Crippen molar-refractivity contribution in [2.45, 2.75) is 26.9 Å². The molecule has 1 aromatic heterocycles. The summed E-state index contributed by atoms with van der Waals surface area (Å²) in [4.78, 5) is 1.75. The number of hydrogen-bond donors (Lipinski definition) is 1. The van der Waals surface area contributed by atoms with Crippen molar-refractivity contribution in [1.82, 2.24) is 20.3 Å². The van der Waals surface area contributed by atoms with Gasteiger partial charge in [-0.2, -0.15) is 15.0 Å². The number of aryl methyl sites for hydroxylation is 1. The summed E-state index contributed by atoms with van der Waals surface area (Å²) < 4.78 is 0. The molecule has 2 aromatic rings. The maximum absolute atomic E-state index is 4.52. The summed E-state index contributed by atoms with van der Waals surface area (Å²) in [7, 11) is 0. The van der Waals surface area contributed by atoms with Gasteiger partial charge in [0.05, 0.1) is 6.54 Å². The lowest BCUT2D eigenvalue weighted by molar-refractivity contribution is 0.559. The molecule has 0 unspecified atom stereocenters. The number of benzene rings is 1. The number of aromatic nitrogens is 3. The van der Waals surface area contributed by atoms with E-state index in [0.717, 1.165) is 36.6 Å². The molecule has 0 radical (unpaired) electrons. The predicted molar refractivity (Wildman–Crippen MR) is 75.8 cm³/mol. The van der Waals surface area contributed by atoms with E-state index in [4.69, 9.17) is 0 Å². The average Bonchev–Trinajstić information content (AvgIpc) is 2.80. The van der Waals surface area contributed by atoms with Gasteiger partial charge in [0, 0.05) is 12.1 Å². The van der Waals surface area contributed by atoms with E-state index in [9.17, 15) is 0 Å². The van der Waals surface area contributed by atoms with Crippen molar-refractivity contribution in [3.05, 3.63) is 36.0 Å². The smallest absolute Gasteiger partial charge is 0.117 e. The highest BCUT2D eigenvalue weighted by molar-refractivity contribution is 5.85. The molecule has 5 heteroatoms. The molecule has 0 aliphatic carbocycles. The van der Waals surface area contributed by atoms with E-state index in [1.807, 2.05) is 25.1 Å². The summed E-state index contributed by atoms with van der Waals surface area (Å²) in [6.07, 6.45) is 0. The van der Waals surface area contributed by atoms with Gasteiger partial charge in [0.1, 0.15) is 11.4 Å². The molecule has 1 heterocycles. The van der Waals surface area contributed by atoms with Crippen molar-refractivity contribution in [2.24, 2.45) is 0 Å². The molecule has 0 saturated heterocycles. The van der Waals surface area contributed by atoms with E-state index >= 15 is 0 Å². The molecule has 0 fully saturated rings. The third-order valence-electron chi connectivity index (χ3n) is 2.60. The van der Waals surface area contributed by atoms with E-state index in [2.05, 4.69) is 34.6 Å². The first-order valence-electron chi connectivity index (χ1n) is 6.05. The molecule has 0 bridgehead atoms. The van der Waals surface area contributed by atoms with Crippen LogP contribution in [0.4, 0.5) is 0 Å². The highest BCUT2D eigenvalue weighted by atomic mass is 35.5. The Morgan fingerprint density at radius 1 is 1.11 bits per heavy atom. The van der Waals surface area contributed by atoms with Crippen LogP contribution in [0.25, 0.3) is 11.3 Å². The largest absolute Gasteiger partial charge is 0.311 e. The molecule has 0 amide bonds. The van der Waals surface area contributed by atoms with Gasteiger partial charge < -0.3 is 5.32 Å². The van der Waals surface area contributed by atoms with Crippen molar-refractivity contribution >= 4 is 12.4 Å². The minimum absolute atomic E-state index is 0. The van der Waals surface area contributed by atoms with Gasteiger partial charge in [0.15, 0.2) is 0 Å². The molecule has 0 aliphatic heterocycles. The van der Waals surface area contributed by atoms with Gasteiger partial charge in [-0.3, -0.25) is 0 Å². The molecule has 0 atom stereocenters. The van der Waals surface area contributed by atoms with Gasteiger partial charge in [-0.05, 0) is 13.5 Å². The average molecular weight is 267 g/mol. The normalized spacial score (nSPS) is 10.1. The van der Waals surface area contributed by atoms with Crippen LogP contribution < -0.4 is 5.32 Å². The fourth-order valence-corrected chi connectivity index (χ4v) is 1.71. The summed E-state index contributed by atoms with van der Waals surface area (Å²) in [5.74, 6) is 0. The molecule has 4 nitrogen and oxygen atoms in total. The summed E-state index contributed by atoms with van der Waals surface area (Å²) in [5.41, 5.74) is 3.12. The maximum atomic E-state index is 4.52. The van der Waals surface area contributed by atoms with Crippen LogP contribution in [0.1, 0.15) is 19.5 Å². The van der Waals surface area contributed by atoms with Crippen molar-refractivity contribution in [2.75, 3.05) is 6.54 Å². The molecular weight excluding hydrogens is 248 g/mol. The van der Waals surface area contributed by atoms with Gasteiger partial charge in [0.2, 0.25) is 0 Å². The molecule has 2 rings (SSSR count). The number of nitrogens with one attached hydrogen (secondary N) is 1. The van der Waals surface area contributed by atoms with E-state index in [0.29, 0.717) is 0 Å². The summed E-state index contributed by atoms with van der Waals surface area (Å²) in [6, 6.07) is 10.2. The van der Waals surface area contributed by atoms with Gasteiger partial charge in [-0.25, -0.2) is 0 Å². The van der Waals surface area contributed by atoms with Crippen molar-refractivity contribution < 1.29 is 0 Å². The van der Waals surface area contributed by atoms with Crippen LogP contribution in [-0.4, -0.2) is 21.5 Å². The molecular formula is C13H19ClN4. The second-order valence-corrected chi connectivity index (χ2v) is 3.83. The van der Waals surface area contributed by atoms with Gasteiger partial charge >= 0.3 is 0 Å². The molecule has 1 N–H and O–H groups in total. The first-order chi connectivity index (χ1) is 8.35. The SMILES string of the molecule is CCNCc1nn(CC)nc1-c1ccccc1.Cl. The molecule has 0 saturated carbocycles. The zero-order valence-electron chi connectivity index (χ0n) is 10.8. The first-order valence-corrected chi connectivity index (χ1v) is 6.05. The maximum Gasteiger partial charge on any atom is 0.117 e. The van der Waals surface area contributed by atoms with Crippen LogP contribution in [0.2, 0.25) is 0 Å². The van der Waals surface area contributed by atoms with E-state index in [-0.39, 0.29) is 12.4 Å². The summed E-state index contributed by atoms with van der Waals surface area (Å²) >= 11 is 0. The molecule has 0 spiro atoms. The number of rotatable bonds is 5. The standard InChI is InChI=1S/C13H18N4.ClH/c1-3-14-10-12-13(16-17(4-2)15-12)11-8-6-5-7-9-11;/h5-9,14H,3-4,10H2,1-2H3;1H. The molecule has 0 aliphatic rings. The van der Waals surface area contributed by atoms with E-state index in [1.165, 1.54) is 0 Å². The molecule has 18 heavy (non-hydrogen) atoms. The Morgan fingerprint density at radius 3 is 2.44 bits per heavy atom. The van der Waals surface area contributed by atoms with Crippen LogP contribution >= 0.6 is 12.4 Å². The van der Waals surface area contributed by atoms with Crippen LogP contribution in [0.3, 0.4) is 0 Å². The Bertz CT molecular complexity index is 467. The lowest BCUT2D eigenvalue weighted by atomic mass is 10.1. The lowest BCUT2D eigenvalue weighted by Gasteiger charge is -2.00. The van der Waals surface area contributed by atoms with Crippen molar-refractivity contribution in [1.29, 1.82) is 0 Å². The highest BCUT2D eigenvalue weighted by Crippen LogP contribution is 2.19. The van der Waals surface area contributed by atoms with E-state index in [1.54, 1.807) is 4.80 Å². The van der Waals surface area contributed by atoms with Crippen LogP contribution in [0.5, 0.6) is 0 Å². The monoisotopic (exact) mass is 266 g/mol. The summed E-state index contributed by atoms with van der Waals surface area (Å²) in [6.45, 7) is 6.64. The van der Waals surface area contributed by atoms with Crippen LogP contribution in [0.15, 0.2) is 30.3 Å². The van der Waals surface area contributed by atoms with Crippen LogP contribution in [-0.2, 0) is 13.1 Å². The number of hydrogen-bond acceptors (Lipinski definition) is 3. The zero-order valence-corrected chi connectivity index (χ0v) is 11.6. The fourth-order valence-electron chi connectivity index (χ4n) is 1.71. The van der Waals surface area contributed by atoms with Gasteiger partial charge in [-0.1, -0.05) is 37.3 Å². The Kier molecular flexibility index (Phi) is 5.82. The Morgan fingerprint density at radius 2 is 1.83 bits per heavy atom. The van der Waals surface area contributed by atoms with Gasteiger partial charge in [0.25, 0.3) is 0 Å². The lowest BCUT2D eigenvalue weighted by Crippen LogP contribution is -2.13. The van der Waals surface area contributed by atoms with Crippen molar-refractivity contribution in [3.63, 3.8) is 0 Å². The zero-order chi connectivity index (χ0) is 12.1. The number of nitrogens with zero attached hydrogens (tertiary/aromatic N) is 3. The minimum atomic E-state index is 0.